The van der Waals surface area contributed by atoms with Crippen LogP contribution < -0.4 is 5.32 Å². The molecule has 0 radical (unpaired) electrons. The van der Waals surface area contributed by atoms with Crippen molar-refractivity contribution in [3.63, 3.8) is 0 Å². The summed E-state index contributed by atoms with van der Waals surface area (Å²) >= 11 is 0. The Bertz CT molecular complexity index is 827. The van der Waals surface area contributed by atoms with Crippen molar-refractivity contribution in [1.29, 1.82) is 0 Å². The monoisotopic (exact) mass is 377 g/mol. The van der Waals surface area contributed by atoms with Gasteiger partial charge in [0.2, 0.25) is 5.91 Å². The topological polar surface area (TPSA) is 81.1 Å². The van der Waals surface area contributed by atoms with E-state index in [0.29, 0.717) is 6.54 Å². The van der Waals surface area contributed by atoms with E-state index in [2.05, 4.69) is 10.4 Å². The van der Waals surface area contributed by atoms with Crippen molar-refractivity contribution in [2.75, 3.05) is 18.1 Å². The van der Waals surface area contributed by atoms with Gasteiger partial charge < -0.3 is 5.32 Å². The maximum atomic E-state index is 11.8. The number of aromatic nitrogens is 2. The maximum absolute atomic E-state index is 11.8. The number of rotatable bonds is 9. The van der Waals surface area contributed by atoms with E-state index in [-0.39, 0.29) is 11.7 Å². The van der Waals surface area contributed by atoms with Crippen LogP contribution in [0.2, 0.25) is 0 Å². The lowest BCUT2D eigenvalue weighted by molar-refractivity contribution is -0.118. The van der Waals surface area contributed by atoms with Gasteiger partial charge in [0.25, 0.3) is 0 Å². The largest absolute Gasteiger partial charge is 0.355 e. The molecular formula is C19H27N3O3S. The van der Waals surface area contributed by atoms with E-state index in [0.717, 1.165) is 29.8 Å². The second-order valence-corrected chi connectivity index (χ2v) is 9.03. The first-order valence-corrected chi connectivity index (χ1v) is 10.7. The van der Waals surface area contributed by atoms with Crippen molar-refractivity contribution in [3.8, 4) is 5.69 Å². The Kier molecular flexibility index (Phi) is 6.97. The predicted octanol–water partition coefficient (Wildman–Crippen LogP) is 2.30. The summed E-state index contributed by atoms with van der Waals surface area (Å²) in [7, 11) is -3.33. The third kappa shape index (κ3) is 6.29. The summed E-state index contributed by atoms with van der Waals surface area (Å²) in [5, 5.41) is 7.22. The minimum Gasteiger partial charge on any atom is -0.355 e. The number of nitrogens with zero attached hydrogens (tertiary/aromatic N) is 2. The SMILES string of the molecule is Cc1nn(-c2ccccc2)cc1CCCNC(=O)CS(=O)(=O)CC(C)C. The van der Waals surface area contributed by atoms with Crippen LogP contribution in [0.3, 0.4) is 0 Å². The zero-order valence-electron chi connectivity index (χ0n) is 15.6. The molecule has 0 saturated heterocycles. The molecule has 0 saturated carbocycles. The lowest BCUT2D eigenvalue weighted by Gasteiger charge is -2.08. The fourth-order valence-corrected chi connectivity index (χ4v) is 4.41. The van der Waals surface area contributed by atoms with Gasteiger partial charge in [0.15, 0.2) is 9.84 Å². The van der Waals surface area contributed by atoms with Gasteiger partial charge in [0.1, 0.15) is 5.75 Å². The van der Waals surface area contributed by atoms with E-state index >= 15 is 0 Å². The Morgan fingerprint density at radius 2 is 1.92 bits per heavy atom. The van der Waals surface area contributed by atoms with Gasteiger partial charge in [-0.05, 0) is 43.4 Å². The first kappa shape index (κ1) is 20.2. The third-order valence-corrected chi connectivity index (χ3v) is 5.78. The van der Waals surface area contributed by atoms with Crippen LogP contribution in [-0.4, -0.2) is 42.2 Å². The van der Waals surface area contributed by atoms with Crippen molar-refractivity contribution < 1.29 is 13.2 Å². The number of para-hydroxylation sites is 1. The smallest absolute Gasteiger partial charge is 0.235 e. The molecule has 0 atom stereocenters. The van der Waals surface area contributed by atoms with Gasteiger partial charge in [-0.3, -0.25) is 4.79 Å². The van der Waals surface area contributed by atoms with Crippen molar-refractivity contribution in [3.05, 3.63) is 47.8 Å². The summed E-state index contributed by atoms with van der Waals surface area (Å²) in [6.07, 6.45) is 3.51. The van der Waals surface area contributed by atoms with Gasteiger partial charge >= 0.3 is 0 Å². The van der Waals surface area contributed by atoms with Crippen molar-refractivity contribution in [1.82, 2.24) is 15.1 Å². The molecule has 0 aliphatic carbocycles. The van der Waals surface area contributed by atoms with Gasteiger partial charge in [0, 0.05) is 12.7 Å². The van der Waals surface area contributed by atoms with Crippen molar-refractivity contribution >= 4 is 15.7 Å². The summed E-state index contributed by atoms with van der Waals surface area (Å²) in [4.78, 5) is 11.8. The molecule has 6 nitrogen and oxygen atoms in total. The van der Waals surface area contributed by atoms with E-state index in [9.17, 15) is 13.2 Å². The number of hydrogen-bond acceptors (Lipinski definition) is 4. The number of sulfone groups is 1. The van der Waals surface area contributed by atoms with E-state index in [4.69, 9.17) is 0 Å². The van der Waals surface area contributed by atoms with Crippen LogP contribution in [0.5, 0.6) is 0 Å². The van der Waals surface area contributed by atoms with Crippen LogP contribution in [0.15, 0.2) is 36.5 Å². The van der Waals surface area contributed by atoms with E-state index in [1.807, 2.05) is 62.0 Å². The molecule has 142 valence electrons. The quantitative estimate of drug-likeness (QED) is 0.680. The molecule has 2 rings (SSSR count). The van der Waals surface area contributed by atoms with Crippen molar-refractivity contribution in [2.45, 2.75) is 33.6 Å². The molecule has 1 N–H and O–H groups in total. The molecule has 1 heterocycles. The van der Waals surface area contributed by atoms with Gasteiger partial charge in [-0.1, -0.05) is 32.0 Å². The fourth-order valence-electron chi connectivity index (χ4n) is 2.78. The summed E-state index contributed by atoms with van der Waals surface area (Å²) in [5.74, 6) is -0.798. The Labute approximate surface area is 155 Å². The molecule has 0 spiro atoms. The molecule has 1 aromatic heterocycles. The summed E-state index contributed by atoms with van der Waals surface area (Å²) in [6.45, 7) is 6.07. The Morgan fingerprint density at radius 1 is 1.23 bits per heavy atom. The molecule has 0 unspecified atom stereocenters. The number of benzene rings is 1. The normalized spacial score (nSPS) is 11.7. The first-order chi connectivity index (χ1) is 12.3. The van der Waals surface area contributed by atoms with Crippen LogP contribution in [0.1, 0.15) is 31.5 Å². The average Bonchev–Trinajstić information content (AvgIpc) is 2.91. The Hall–Kier alpha value is -2.15. The molecule has 0 aliphatic heterocycles. The van der Waals surface area contributed by atoms with Gasteiger partial charge in [-0.25, -0.2) is 13.1 Å². The van der Waals surface area contributed by atoms with E-state index in [1.54, 1.807) is 0 Å². The molecule has 1 aromatic carbocycles. The Balaban J connectivity index is 1.80. The van der Waals surface area contributed by atoms with Crippen molar-refractivity contribution in [2.24, 2.45) is 5.92 Å². The predicted molar refractivity (Wildman–Crippen MR) is 103 cm³/mol. The summed E-state index contributed by atoms with van der Waals surface area (Å²) in [6, 6.07) is 9.89. The highest BCUT2D eigenvalue weighted by atomic mass is 32.2. The van der Waals surface area contributed by atoms with Crippen LogP contribution in [0, 0.1) is 12.8 Å². The lowest BCUT2D eigenvalue weighted by Crippen LogP contribution is -2.32. The summed E-state index contributed by atoms with van der Waals surface area (Å²) < 4.78 is 25.5. The zero-order valence-corrected chi connectivity index (χ0v) is 16.4. The van der Waals surface area contributed by atoms with Crippen LogP contribution in [-0.2, 0) is 21.1 Å². The van der Waals surface area contributed by atoms with Crippen LogP contribution in [0.4, 0.5) is 0 Å². The zero-order chi connectivity index (χ0) is 19.2. The Morgan fingerprint density at radius 3 is 2.58 bits per heavy atom. The first-order valence-electron chi connectivity index (χ1n) is 8.84. The highest BCUT2D eigenvalue weighted by Crippen LogP contribution is 2.13. The standard InChI is InChI=1S/C19H27N3O3S/c1-15(2)13-26(24,25)14-19(23)20-11-7-8-17-12-22(21-16(17)3)18-9-5-4-6-10-18/h4-6,9-10,12,15H,7-8,11,13-14H2,1-3H3,(H,20,23). The number of aryl methyl sites for hydroxylation is 2. The molecular weight excluding hydrogens is 350 g/mol. The van der Waals surface area contributed by atoms with Crippen LogP contribution in [0.25, 0.3) is 5.69 Å². The molecule has 0 fully saturated rings. The van der Waals surface area contributed by atoms with Crippen LogP contribution >= 0.6 is 0 Å². The molecule has 0 bridgehead atoms. The minimum absolute atomic E-state index is 0.0249. The van der Waals surface area contributed by atoms with Gasteiger partial charge in [-0.15, -0.1) is 0 Å². The van der Waals surface area contributed by atoms with Gasteiger partial charge in [0.05, 0.1) is 17.1 Å². The second-order valence-electron chi connectivity index (χ2n) is 6.92. The van der Waals surface area contributed by atoms with Gasteiger partial charge in [-0.2, -0.15) is 5.10 Å². The number of hydrogen-bond donors (Lipinski definition) is 1. The maximum Gasteiger partial charge on any atom is 0.235 e. The minimum atomic E-state index is -3.33. The summed E-state index contributed by atoms with van der Waals surface area (Å²) in [5.41, 5.74) is 3.08. The number of carbonyl (C=O) groups excluding carboxylic acids is 1. The van der Waals surface area contributed by atoms with E-state index in [1.165, 1.54) is 0 Å². The number of amides is 1. The average molecular weight is 378 g/mol. The lowest BCUT2D eigenvalue weighted by atomic mass is 10.1. The van der Waals surface area contributed by atoms with E-state index < -0.39 is 21.5 Å². The second kappa shape index (κ2) is 8.98. The molecule has 0 aliphatic rings. The molecule has 26 heavy (non-hydrogen) atoms. The highest BCUT2D eigenvalue weighted by Gasteiger charge is 2.17. The third-order valence-electron chi connectivity index (χ3n) is 3.90. The molecule has 7 heteroatoms. The number of nitrogens with one attached hydrogen (secondary N) is 1. The molecule has 1 amide bonds. The highest BCUT2D eigenvalue weighted by molar-refractivity contribution is 7.92. The fraction of sp³-hybridized carbons (Fsp3) is 0.474. The number of carbonyl (C=O) groups is 1. The molecule has 2 aromatic rings.